The molecule has 3 aromatic rings. The van der Waals surface area contributed by atoms with E-state index < -0.39 is 15.3 Å². The summed E-state index contributed by atoms with van der Waals surface area (Å²) in [5.74, 6) is -0.327. The van der Waals surface area contributed by atoms with E-state index in [-0.39, 0.29) is 22.4 Å². The number of anilines is 1. The van der Waals surface area contributed by atoms with Gasteiger partial charge in [-0.05, 0) is 50.2 Å². The number of amides is 1. The van der Waals surface area contributed by atoms with Gasteiger partial charge in [0, 0.05) is 12.8 Å². The van der Waals surface area contributed by atoms with Crippen molar-refractivity contribution in [3.05, 3.63) is 58.9 Å². The maximum Gasteiger partial charge on any atom is 0.262 e. The van der Waals surface area contributed by atoms with Crippen LogP contribution in [0, 0.1) is 0 Å². The fraction of sp³-hybridized carbons (Fsp3) is 0.286. The molecular formula is C21H24N4O5S2. The molecule has 2 atom stereocenters. The molecule has 0 saturated carbocycles. The van der Waals surface area contributed by atoms with Crippen molar-refractivity contribution in [2.45, 2.75) is 35.2 Å². The number of primary sulfonamides is 1. The lowest BCUT2D eigenvalue weighted by atomic mass is 10.2. The Morgan fingerprint density at radius 3 is 2.47 bits per heavy atom. The number of rotatable bonds is 8. The quantitative estimate of drug-likeness (QED) is 0.377. The molecule has 3 N–H and O–H groups in total. The van der Waals surface area contributed by atoms with Crippen LogP contribution < -0.4 is 16.0 Å². The molecule has 2 aromatic carbocycles. The van der Waals surface area contributed by atoms with Gasteiger partial charge < -0.3 is 10.1 Å². The van der Waals surface area contributed by atoms with Crippen molar-refractivity contribution >= 4 is 44.3 Å². The number of hydrogen-bond donors (Lipinski definition) is 2. The van der Waals surface area contributed by atoms with Crippen molar-refractivity contribution in [2.24, 2.45) is 5.14 Å². The van der Waals surface area contributed by atoms with Crippen LogP contribution in [0.4, 0.5) is 5.69 Å². The number of para-hydroxylation sites is 1. The maximum atomic E-state index is 13.1. The van der Waals surface area contributed by atoms with Gasteiger partial charge in [0.15, 0.2) is 5.16 Å². The van der Waals surface area contributed by atoms with Gasteiger partial charge in [0.1, 0.15) is 0 Å². The second-order valence-corrected chi connectivity index (χ2v) is 10.1. The fourth-order valence-corrected chi connectivity index (χ4v) is 4.62. The fourth-order valence-electron chi connectivity index (χ4n) is 3.10. The molecule has 3 rings (SSSR count). The lowest BCUT2D eigenvalue weighted by Gasteiger charge is -2.20. The summed E-state index contributed by atoms with van der Waals surface area (Å²) in [6.45, 7) is 3.86. The molecule has 32 heavy (non-hydrogen) atoms. The Hall–Kier alpha value is -2.73. The average molecular weight is 477 g/mol. The Balaban J connectivity index is 1.86. The number of nitrogens with one attached hydrogen (secondary N) is 1. The third kappa shape index (κ3) is 5.36. The summed E-state index contributed by atoms with van der Waals surface area (Å²) >= 11 is 1.16. The van der Waals surface area contributed by atoms with E-state index in [0.717, 1.165) is 11.8 Å². The topological polar surface area (TPSA) is 133 Å². The van der Waals surface area contributed by atoms with Crippen LogP contribution in [0.5, 0.6) is 0 Å². The highest BCUT2D eigenvalue weighted by Gasteiger charge is 2.22. The number of aromatic nitrogens is 2. The number of benzene rings is 2. The Kier molecular flexibility index (Phi) is 7.34. The highest BCUT2D eigenvalue weighted by atomic mass is 32.2. The van der Waals surface area contributed by atoms with Gasteiger partial charge in [-0.3, -0.25) is 14.2 Å². The van der Waals surface area contributed by atoms with E-state index >= 15 is 0 Å². The van der Waals surface area contributed by atoms with E-state index in [2.05, 4.69) is 10.3 Å². The van der Waals surface area contributed by atoms with Crippen LogP contribution in [0.3, 0.4) is 0 Å². The second-order valence-electron chi connectivity index (χ2n) is 7.21. The zero-order valence-electron chi connectivity index (χ0n) is 17.8. The van der Waals surface area contributed by atoms with Crippen molar-refractivity contribution in [2.75, 3.05) is 19.0 Å². The standard InChI is InChI=1S/C21H24N4O5S2/c1-13(12-30-3)25-20(27)17-6-4-5-7-18(17)24-21(25)31-14(2)19(26)23-15-8-10-16(11-9-15)32(22,28)29/h4-11,13-14H,12H2,1-3H3,(H,23,26)(H2,22,28,29)/t13-,14+/m1/s1. The summed E-state index contributed by atoms with van der Waals surface area (Å²) in [7, 11) is -2.26. The average Bonchev–Trinajstić information content (AvgIpc) is 2.73. The van der Waals surface area contributed by atoms with Crippen molar-refractivity contribution in [1.29, 1.82) is 0 Å². The largest absolute Gasteiger partial charge is 0.383 e. The third-order valence-corrected chi connectivity index (χ3v) is 6.72. The van der Waals surface area contributed by atoms with Gasteiger partial charge in [0.2, 0.25) is 15.9 Å². The lowest BCUT2D eigenvalue weighted by Crippen LogP contribution is -2.30. The molecule has 170 valence electrons. The van der Waals surface area contributed by atoms with Gasteiger partial charge >= 0.3 is 0 Å². The molecule has 0 fully saturated rings. The van der Waals surface area contributed by atoms with Gasteiger partial charge in [0.05, 0.1) is 33.7 Å². The first kappa shape index (κ1) is 23.9. The van der Waals surface area contributed by atoms with Gasteiger partial charge in [-0.2, -0.15) is 0 Å². The number of nitrogens with zero attached hydrogens (tertiary/aromatic N) is 2. The first-order chi connectivity index (χ1) is 15.1. The van der Waals surface area contributed by atoms with Crippen molar-refractivity contribution in [3.63, 3.8) is 0 Å². The normalized spacial score (nSPS) is 13.6. The van der Waals surface area contributed by atoms with Crippen molar-refractivity contribution < 1.29 is 17.9 Å². The lowest BCUT2D eigenvalue weighted by molar-refractivity contribution is -0.115. The van der Waals surface area contributed by atoms with Crippen LogP contribution in [0.2, 0.25) is 0 Å². The van der Waals surface area contributed by atoms with Crippen LogP contribution in [-0.2, 0) is 19.6 Å². The van der Waals surface area contributed by atoms with Gasteiger partial charge in [-0.1, -0.05) is 23.9 Å². The summed E-state index contributed by atoms with van der Waals surface area (Å²) in [6.07, 6.45) is 0. The number of carbonyl (C=O) groups is 1. The van der Waals surface area contributed by atoms with Crippen LogP contribution in [0.15, 0.2) is 63.4 Å². The van der Waals surface area contributed by atoms with Gasteiger partial charge in [0.25, 0.3) is 5.56 Å². The smallest absolute Gasteiger partial charge is 0.262 e. The molecule has 0 aliphatic rings. The first-order valence-electron chi connectivity index (χ1n) is 9.72. The molecule has 0 saturated heterocycles. The SMILES string of the molecule is COC[C@@H](C)n1c(S[C@@H](C)C(=O)Nc2ccc(S(N)(=O)=O)cc2)nc2ccccc2c1=O. The van der Waals surface area contributed by atoms with Crippen molar-refractivity contribution in [1.82, 2.24) is 9.55 Å². The van der Waals surface area contributed by atoms with Crippen molar-refractivity contribution in [3.8, 4) is 0 Å². The maximum absolute atomic E-state index is 13.1. The molecule has 1 aromatic heterocycles. The predicted octanol–water partition coefficient (Wildman–Crippen LogP) is 2.37. The summed E-state index contributed by atoms with van der Waals surface area (Å²) in [5, 5.41) is 8.13. The number of ether oxygens (including phenoxy) is 1. The minimum atomic E-state index is -3.81. The summed E-state index contributed by atoms with van der Waals surface area (Å²) in [4.78, 5) is 30.4. The van der Waals surface area contributed by atoms with E-state index in [1.165, 1.54) is 24.3 Å². The first-order valence-corrected chi connectivity index (χ1v) is 12.1. The Bertz CT molecular complexity index is 1290. The van der Waals surface area contributed by atoms with Gasteiger partial charge in [-0.15, -0.1) is 0 Å². The molecule has 0 spiro atoms. The molecule has 0 bridgehead atoms. The van der Waals surface area contributed by atoms with E-state index in [1.807, 2.05) is 6.92 Å². The number of nitrogens with two attached hydrogens (primary N) is 1. The second kappa shape index (κ2) is 9.82. The zero-order chi connectivity index (χ0) is 23.5. The number of carbonyl (C=O) groups excluding carboxylic acids is 1. The van der Waals surface area contributed by atoms with E-state index in [4.69, 9.17) is 9.88 Å². The number of hydrogen-bond acceptors (Lipinski definition) is 7. The molecule has 9 nitrogen and oxygen atoms in total. The number of methoxy groups -OCH3 is 1. The third-order valence-electron chi connectivity index (χ3n) is 4.73. The molecule has 11 heteroatoms. The van der Waals surface area contributed by atoms with Crippen LogP contribution in [0.1, 0.15) is 19.9 Å². The highest BCUT2D eigenvalue weighted by molar-refractivity contribution is 8.00. The Morgan fingerprint density at radius 1 is 1.19 bits per heavy atom. The Morgan fingerprint density at radius 2 is 1.84 bits per heavy atom. The summed E-state index contributed by atoms with van der Waals surface area (Å²) in [6, 6.07) is 12.3. The molecule has 1 heterocycles. The molecule has 0 aliphatic carbocycles. The molecule has 0 unspecified atom stereocenters. The minimum Gasteiger partial charge on any atom is -0.383 e. The highest BCUT2D eigenvalue weighted by Crippen LogP contribution is 2.26. The van der Waals surface area contributed by atoms with Gasteiger partial charge in [-0.25, -0.2) is 18.5 Å². The molecular weight excluding hydrogens is 452 g/mol. The van der Waals surface area contributed by atoms with E-state index in [9.17, 15) is 18.0 Å². The molecule has 0 aliphatic heterocycles. The van der Waals surface area contributed by atoms with Crippen LogP contribution in [-0.4, -0.2) is 42.8 Å². The predicted molar refractivity (Wildman–Crippen MR) is 124 cm³/mol. The minimum absolute atomic E-state index is 0.0468. The molecule has 1 amide bonds. The van der Waals surface area contributed by atoms with E-state index in [1.54, 1.807) is 42.9 Å². The number of sulfonamides is 1. The number of thioether (sulfide) groups is 1. The van der Waals surface area contributed by atoms with Crippen LogP contribution >= 0.6 is 11.8 Å². The zero-order valence-corrected chi connectivity index (χ0v) is 19.4. The Labute approximate surface area is 190 Å². The summed E-state index contributed by atoms with van der Waals surface area (Å²) < 4.78 is 29.5. The van der Waals surface area contributed by atoms with E-state index in [0.29, 0.717) is 28.4 Å². The molecule has 0 radical (unpaired) electrons. The monoisotopic (exact) mass is 476 g/mol. The summed E-state index contributed by atoms with van der Waals surface area (Å²) in [5.41, 5.74) is 0.771. The number of fused-ring (bicyclic) bond motifs is 1. The van der Waals surface area contributed by atoms with Crippen LogP contribution in [0.25, 0.3) is 10.9 Å².